The molecular formula is C24H23ClN2O3. The van der Waals surface area contributed by atoms with Crippen LogP contribution in [0.5, 0.6) is 11.5 Å². The second-order valence-corrected chi connectivity index (χ2v) is 7.65. The molecule has 1 fully saturated rings. The van der Waals surface area contributed by atoms with E-state index in [4.69, 9.17) is 16.3 Å². The van der Waals surface area contributed by atoms with Gasteiger partial charge in [-0.1, -0.05) is 41.9 Å². The predicted octanol–water partition coefficient (Wildman–Crippen LogP) is 4.59. The van der Waals surface area contributed by atoms with E-state index < -0.39 is 0 Å². The maximum atomic E-state index is 13.1. The van der Waals surface area contributed by atoms with Crippen LogP contribution in [0.2, 0.25) is 5.02 Å². The van der Waals surface area contributed by atoms with Crippen molar-refractivity contribution in [3.8, 4) is 11.5 Å². The molecule has 3 aromatic carbocycles. The van der Waals surface area contributed by atoms with E-state index in [1.165, 1.54) is 0 Å². The Bertz CT molecular complexity index is 1010. The number of halogens is 1. The molecule has 0 spiro atoms. The van der Waals surface area contributed by atoms with Gasteiger partial charge in [0.15, 0.2) is 0 Å². The van der Waals surface area contributed by atoms with Crippen molar-refractivity contribution in [1.82, 2.24) is 4.90 Å². The Balaban J connectivity index is 1.41. The largest absolute Gasteiger partial charge is 0.508 e. The summed E-state index contributed by atoms with van der Waals surface area (Å²) >= 11 is 5.93. The first-order valence-corrected chi connectivity index (χ1v) is 10.3. The molecule has 1 aliphatic heterocycles. The van der Waals surface area contributed by atoms with Crippen molar-refractivity contribution in [3.05, 3.63) is 88.9 Å². The maximum absolute atomic E-state index is 13.1. The lowest BCUT2D eigenvalue weighted by Gasteiger charge is -2.36. The van der Waals surface area contributed by atoms with Crippen molar-refractivity contribution in [2.75, 3.05) is 31.1 Å². The number of amides is 1. The van der Waals surface area contributed by atoms with Crippen LogP contribution in [0, 0.1) is 0 Å². The summed E-state index contributed by atoms with van der Waals surface area (Å²) in [7, 11) is 0. The minimum atomic E-state index is -0.0303. The number of phenols is 1. The van der Waals surface area contributed by atoms with Crippen LogP contribution in [0.4, 0.5) is 5.69 Å². The van der Waals surface area contributed by atoms with Crippen LogP contribution in [-0.2, 0) is 6.61 Å². The molecule has 1 aliphatic rings. The number of nitrogens with zero attached hydrogens (tertiary/aromatic N) is 2. The molecule has 154 valence electrons. The van der Waals surface area contributed by atoms with Gasteiger partial charge in [0.05, 0.1) is 5.56 Å². The van der Waals surface area contributed by atoms with Crippen molar-refractivity contribution < 1.29 is 14.6 Å². The van der Waals surface area contributed by atoms with Gasteiger partial charge in [0.25, 0.3) is 5.91 Å². The number of hydrogen-bond acceptors (Lipinski definition) is 4. The third-order valence-electron chi connectivity index (χ3n) is 5.19. The summed E-state index contributed by atoms with van der Waals surface area (Å²) in [6.45, 7) is 3.01. The number of aromatic hydroxyl groups is 1. The van der Waals surface area contributed by atoms with Gasteiger partial charge in [-0.3, -0.25) is 4.79 Å². The fraction of sp³-hybridized carbons (Fsp3) is 0.208. The summed E-state index contributed by atoms with van der Waals surface area (Å²) < 4.78 is 5.95. The number of para-hydroxylation sites is 1. The fourth-order valence-corrected chi connectivity index (χ4v) is 3.66. The molecule has 1 N–H and O–H groups in total. The molecular weight excluding hydrogens is 400 g/mol. The molecule has 1 saturated heterocycles. The van der Waals surface area contributed by atoms with Crippen LogP contribution >= 0.6 is 11.6 Å². The molecule has 0 aromatic heterocycles. The zero-order valence-electron chi connectivity index (χ0n) is 16.5. The molecule has 30 heavy (non-hydrogen) atoms. The second-order valence-electron chi connectivity index (χ2n) is 7.21. The van der Waals surface area contributed by atoms with Gasteiger partial charge in [-0.25, -0.2) is 0 Å². The molecule has 0 saturated carbocycles. The topological polar surface area (TPSA) is 53.0 Å². The standard InChI is InChI=1S/C24H23ClN2O3/c25-19-10-8-18(9-11-19)17-30-23-7-2-1-6-22(23)24(29)27-14-12-26(13-15-27)20-4-3-5-21(28)16-20/h1-11,16,28H,12-15,17H2. The van der Waals surface area contributed by atoms with Crippen molar-refractivity contribution in [1.29, 1.82) is 0 Å². The quantitative estimate of drug-likeness (QED) is 0.653. The van der Waals surface area contributed by atoms with Gasteiger partial charge in [-0.2, -0.15) is 0 Å². The Hall–Kier alpha value is -3.18. The van der Waals surface area contributed by atoms with Crippen molar-refractivity contribution in [2.45, 2.75) is 6.61 Å². The van der Waals surface area contributed by atoms with Crippen LogP contribution in [0.25, 0.3) is 0 Å². The Kier molecular flexibility index (Phi) is 6.10. The van der Waals surface area contributed by atoms with Crippen molar-refractivity contribution in [2.24, 2.45) is 0 Å². The van der Waals surface area contributed by atoms with Crippen molar-refractivity contribution in [3.63, 3.8) is 0 Å². The minimum Gasteiger partial charge on any atom is -0.508 e. The predicted molar refractivity (Wildman–Crippen MR) is 118 cm³/mol. The number of carbonyl (C=O) groups is 1. The first-order valence-electron chi connectivity index (χ1n) is 9.90. The summed E-state index contributed by atoms with van der Waals surface area (Å²) in [5.41, 5.74) is 2.52. The van der Waals surface area contributed by atoms with Gasteiger partial charge in [0.1, 0.15) is 18.1 Å². The van der Waals surface area contributed by atoms with Crippen molar-refractivity contribution >= 4 is 23.2 Å². The number of carbonyl (C=O) groups excluding carboxylic acids is 1. The summed E-state index contributed by atoms with van der Waals surface area (Å²) in [6.07, 6.45) is 0. The van der Waals surface area contributed by atoms with Gasteiger partial charge >= 0.3 is 0 Å². The van der Waals surface area contributed by atoms with E-state index >= 15 is 0 Å². The number of phenolic OH excluding ortho intramolecular Hbond substituents is 1. The number of anilines is 1. The Morgan fingerprint density at radius 2 is 1.67 bits per heavy atom. The normalized spacial score (nSPS) is 13.9. The molecule has 0 radical (unpaired) electrons. The lowest BCUT2D eigenvalue weighted by molar-refractivity contribution is 0.0742. The van der Waals surface area contributed by atoms with Crippen LogP contribution in [0.3, 0.4) is 0 Å². The fourth-order valence-electron chi connectivity index (χ4n) is 3.54. The molecule has 0 atom stereocenters. The van der Waals surface area contributed by atoms with Crippen LogP contribution in [0.1, 0.15) is 15.9 Å². The first kappa shape index (κ1) is 20.1. The van der Waals surface area contributed by atoms with E-state index in [-0.39, 0.29) is 11.7 Å². The highest BCUT2D eigenvalue weighted by Crippen LogP contribution is 2.24. The lowest BCUT2D eigenvalue weighted by atomic mass is 10.1. The third-order valence-corrected chi connectivity index (χ3v) is 5.44. The molecule has 0 aliphatic carbocycles. The van der Waals surface area contributed by atoms with Gasteiger partial charge in [0.2, 0.25) is 0 Å². The maximum Gasteiger partial charge on any atom is 0.257 e. The third kappa shape index (κ3) is 4.69. The van der Waals surface area contributed by atoms with E-state index in [0.717, 1.165) is 11.3 Å². The van der Waals surface area contributed by atoms with Crippen LogP contribution < -0.4 is 9.64 Å². The van der Waals surface area contributed by atoms with E-state index in [2.05, 4.69) is 4.90 Å². The first-order chi connectivity index (χ1) is 14.6. The van der Waals surface area contributed by atoms with E-state index in [0.29, 0.717) is 49.1 Å². The molecule has 6 heteroatoms. The Morgan fingerprint density at radius 1 is 0.933 bits per heavy atom. The summed E-state index contributed by atoms with van der Waals surface area (Å²) in [5, 5.41) is 10.4. The van der Waals surface area contributed by atoms with Gasteiger partial charge < -0.3 is 19.6 Å². The summed E-state index contributed by atoms with van der Waals surface area (Å²) in [5.74, 6) is 0.794. The lowest BCUT2D eigenvalue weighted by Crippen LogP contribution is -2.48. The highest BCUT2D eigenvalue weighted by molar-refractivity contribution is 6.30. The van der Waals surface area contributed by atoms with Crippen LogP contribution in [-0.4, -0.2) is 42.1 Å². The minimum absolute atomic E-state index is 0.0303. The number of rotatable bonds is 5. The highest BCUT2D eigenvalue weighted by Gasteiger charge is 2.24. The smallest absolute Gasteiger partial charge is 0.257 e. The Morgan fingerprint density at radius 3 is 2.40 bits per heavy atom. The number of benzene rings is 3. The summed E-state index contributed by atoms with van der Waals surface area (Å²) in [6, 6.07) is 22.0. The van der Waals surface area contributed by atoms with Crippen LogP contribution in [0.15, 0.2) is 72.8 Å². The molecule has 1 amide bonds. The molecule has 5 nitrogen and oxygen atoms in total. The average molecular weight is 423 g/mol. The monoisotopic (exact) mass is 422 g/mol. The van der Waals surface area contributed by atoms with E-state index in [9.17, 15) is 9.90 Å². The second kappa shape index (κ2) is 9.09. The van der Waals surface area contributed by atoms with Gasteiger partial charge in [-0.15, -0.1) is 0 Å². The number of piperazine rings is 1. The Labute approximate surface area is 181 Å². The molecule has 4 rings (SSSR count). The van der Waals surface area contributed by atoms with E-state index in [1.807, 2.05) is 59.5 Å². The molecule has 0 bridgehead atoms. The number of ether oxygens (including phenoxy) is 1. The molecule has 1 heterocycles. The summed E-state index contributed by atoms with van der Waals surface area (Å²) in [4.78, 5) is 17.2. The average Bonchev–Trinajstić information content (AvgIpc) is 2.78. The zero-order valence-corrected chi connectivity index (χ0v) is 17.3. The van der Waals surface area contributed by atoms with E-state index in [1.54, 1.807) is 18.2 Å². The highest BCUT2D eigenvalue weighted by atomic mass is 35.5. The SMILES string of the molecule is O=C(c1ccccc1OCc1ccc(Cl)cc1)N1CCN(c2cccc(O)c2)CC1. The molecule has 3 aromatic rings. The molecule has 0 unspecified atom stereocenters. The zero-order chi connectivity index (χ0) is 20.9. The van der Waals surface area contributed by atoms with Gasteiger partial charge in [-0.05, 0) is 42.0 Å². The van der Waals surface area contributed by atoms with Gasteiger partial charge in [0, 0.05) is 43.0 Å². The number of hydrogen-bond donors (Lipinski definition) is 1.